The fourth-order valence-electron chi connectivity index (χ4n) is 2.99. The lowest BCUT2D eigenvalue weighted by Crippen LogP contribution is -2.24. The zero-order valence-electron chi connectivity index (χ0n) is 16.5. The molecule has 2 aliphatic heterocycles. The van der Waals surface area contributed by atoms with Crippen LogP contribution < -0.4 is 4.90 Å². The molecular formula is C21H18ClN3O3S2. The Kier molecular flexibility index (Phi) is 5.81. The second-order valence-corrected chi connectivity index (χ2v) is 8.98. The van der Waals surface area contributed by atoms with Gasteiger partial charge in [0.25, 0.3) is 5.91 Å². The Bertz CT molecular complexity index is 1100. The van der Waals surface area contributed by atoms with E-state index >= 15 is 0 Å². The van der Waals surface area contributed by atoms with Gasteiger partial charge in [0.05, 0.1) is 28.6 Å². The van der Waals surface area contributed by atoms with Crippen LogP contribution in [0.2, 0.25) is 5.02 Å². The van der Waals surface area contributed by atoms with Gasteiger partial charge in [-0.2, -0.15) is 0 Å². The molecule has 1 fully saturated rings. The van der Waals surface area contributed by atoms with Crippen LogP contribution >= 0.6 is 35.1 Å². The van der Waals surface area contributed by atoms with E-state index in [2.05, 4.69) is 4.99 Å². The van der Waals surface area contributed by atoms with Crippen molar-refractivity contribution < 1.29 is 14.3 Å². The van der Waals surface area contributed by atoms with Crippen LogP contribution in [0.5, 0.6) is 0 Å². The fraction of sp³-hybridized carbons (Fsp3) is 0.190. The Balaban J connectivity index is 1.60. The van der Waals surface area contributed by atoms with E-state index in [1.807, 2.05) is 30.1 Å². The van der Waals surface area contributed by atoms with E-state index in [1.165, 1.54) is 16.7 Å². The number of amides is 1. The minimum Gasteiger partial charge on any atom is -0.462 e. The molecule has 2 aliphatic rings. The molecule has 1 saturated heterocycles. The molecule has 30 heavy (non-hydrogen) atoms. The Morgan fingerprint density at radius 1 is 1.10 bits per heavy atom. The van der Waals surface area contributed by atoms with Crippen molar-refractivity contribution in [3.05, 3.63) is 63.0 Å². The molecule has 9 heteroatoms. The van der Waals surface area contributed by atoms with Gasteiger partial charge in [-0.05, 0) is 61.2 Å². The summed E-state index contributed by atoms with van der Waals surface area (Å²) in [5.74, 6) is -0.470. The van der Waals surface area contributed by atoms with E-state index in [9.17, 15) is 9.59 Å². The molecule has 2 aromatic carbocycles. The number of nitrogens with zero attached hydrogens (tertiary/aromatic N) is 3. The third kappa shape index (κ3) is 3.82. The molecule has 0 bridgehead atoms. The Morgan fingerprint density at radius 2 is 1.83 bits per heavy atom. The van der Waals surface area contributed by atoms with Crippen LogP contribution in [-0.2, 0) is 9.53 Å². The first-order chi connectivity index (χ1) is 14.4. The van der Waals surface area contributed by atoms with Crippen LogP contribution in [0, 0.1) is 0 Å². The lowest BCUT2D eigenvalue weighted by molar-refractivity contribution is -0.121. The molecule has 0 aromatic heterocycles. The van der Waals surface area contributed by atoms with Gasteiger partial charge in [0.15, 0.2) is 5.17 Å². The molecule has 0 unspecified atom stereocenters. The lowest BCUT2D eigenvalue weighted by Gasteiger charge is -2.14. The average molecular weight is 460 g/mol. The topological polar surface area (TPSA) is 62.2 Å². The van der Waals surface area contributed by atoms with Gasteiger partial charge in [-0.1, -0.05) is 23.4 Å². The summed E-state index contributed by atoms with van der Waals surface area (Å²) in [6.45, 7) is 2.09. The summed E-state index contributed by atoms with van der Waals surface area (Å²) < 4.78 is 4.99. The van der Waals surface area contributed by atoms with Gasteiger partial charge < -0.3 is 9.64 Å². The molecule has 2 heterocycles. The molecule has 154 valence electrons. The smallest absolute Gasteiger partial charge is 0.338 e. The standard InChI is InChI=1S/C21H18ClN3O3S2/c1-4-28-20(27)12-5-8-14(9-6-12)23-21-25(3)18(26)17(30-21)19-24(2)15-11-13(22)7-10-16(15)29-19/h5-11H,4H2,1-3H3/b19-17-,23-21?. The third-order valence-corrected chi connectivity index (χ3v) is 7.29. The number of thioether (sulfide) groups is 2. The highest BCUT2D eigenvalue weighted by atomic mass is 35.5. The summed E-state index contributed by atoms with van der Waals surface area (Å²) in [7, 11) is 3.63. The molecule has 4 rings (SSSR count). The quantitative estimate of drug-likeness (QED) is 0.469. The van der Waals surface area contributed by atoms with Crippen LogP contribution in [0.1, 0.15) is 17.3 Å². The minimum absolute atomic E-state index is 0.102. The molecule has 0 saturated carbocycles. The number of carbonyl (C=O) groups excluding carboxylic acids is 2. The third-order valence-electron chi connectivity index (χ3n) is 4.57. The van der Waals surface area contributed by atoms with E-state index in [0.29, 0.717) is 33.0 Å². The molecule has 0 aliphatic carbocycles. The maximum atomic E-state index is 12.9. The Labute approximate surface area is 187 Å². The molecule has 0 N–H and O–H groups in total. The molecular weight excluding hydrogens is 442 g/mol. The number of fused-ring (bicyclic) bond motifs is 1. The summed E-state index contributed by atoms with van der Waals surface area (Å²) in [5, 5.41) is 2.09. The first kappa shape index (κ1) is 20.8. The van der Waals surface area contributed by atoms with Gasteiger partial charge >= 0.3 is 5.97 Å². The number of hydrogen-bond donors (Lipinski definition) is 0. The zero-order chi connectivity index (χ0) is 21.4. The van der Waals surface area contributed by atoms with E-state index in [1.54, 1.807) is 50.0 Å². The Hall–Kier alpha value is -2.42. The van der Waals surface area contributed by atoms with Crippen molar-refractivity contribution in [3.8, 4) is 0 Å². The molecule has 0 spiro atoms. The van der Waals surface area contributed by atoms with Crippen LogP contribution in [0.15, 0.2) is 62.3 Å². The first-order valence-corrected chi connectivity index (χ1v) is 11.2. The molecule has 6 nitrogen and oxygen atoms in total. The predicted octanol–water partition coefficient (Wildman–Crippen LogP) is 5.12. The number of carbonyl (C=O) groups is 2. The summed E-state index contributed by atoms with van der Waals surface area (Å²) in [6, 6.07) is 12.5. The number of aliphatic imine (C=N–C) groups is 1. The number of hydrogen-bond acceptors (Lipinski definition) is 7. The van der Waals surface area contributed by atoms with Crippen LogP contribution in [0.4, 0.5) is 11.4 Å². The van der Waals surface area contributed by atoms with Gasteiger partial charge in [0, 0.05) is 24.0 Å². The van der Waals surface area contributed by atoms with E-state index in [4.69, 9.17) is 16.3 Å². The van der Waals surface area contributed by atoms with Crippen LogP contribution in [0.3, 0.4) is 0 Å². The number of likely N-dealkylation sites (N-methyl/N-ethyl adjacent to an activating group) is 1. The number of ether oxygens (including phenoxy) is 1. The van der Waals surface area contributed by atoms with E-state index < -0.39 is 0 Å². The van der Waals surface area contributed by atoms with Crippen molar-refractivity contribution in [2.75, 3.05) is 25.6 Å². The molecule has 2 aromatic rings. The van der Waals surface area contributed by atoms with Crippen molar-refractivity contribution in [1.82, 2.24) is 4.90 Å². The molecule has 0 radical (unpaired) electrons. The highest BCUT2D eigenvalue weighted by Gasteiger charge is 2.37. The Morgan fingerprint density at radius 3 is 2.53 bits per heavy atom. The zero-order valence-corrected chi connectivity index (χ0v) is 18.9. The SMILES string of the molecule is CCOC(=O)c1ccc(N=C2S/C(=C3\Sc4ccc(Cl)cc4N3C)C(=O)N2C)cc1. The van der Waals surface area contributed by atoms with Crippen LogP contribution in [0.25, 0.3) is 0 Å². The van der Waals surface area contributed by atoms with Gasteiger partial charge in [0.2, 0.25) is 0 Å². The van der Waals surface area contributed by atoms with E-state index in [-0.39, 0.29) is 11.9 Å². The first-order valence-electron chi connectivity index (χ1n) is 9.16. The van der Waals surface area contributed by atoms with Gasteiger partial charge in [-0.3, -0.25) is 9.69 Å². The van der Waals surface area contributed by atoms with Crippen molar-refractivity contribution >= 4 is 63.5 Å². The summed E-state index contributed by atoms with van der Waals surface area (Å²) in [5.41, 5.74) is 2.09. The predicted molar refractivity (Wildman–Crippen MR) is 123 cm³/mol. The largest absolute Gasteiger partial charge is 0.462 e. The number of benzene rings is 2. The van der Waals surface area contributed by atoms with Crippen LogP contribution in [-0.4, -0.2) is 42.6 Å². The monoisotopic (exact) mass is 459 g/mol. The van der Waals surface area contributed by atoms with Crippen molar-refractivity contribution in [2.45, 2.75) is 11.8 Å². The lowest BCUT2D eigenvalue weighted by atomic mass is 10.2. The summed E-state index contributed by atoms with van der Waals surface area (Å²) >= 11 is 9.01. The second kappa shape index (κ2) is 8.37. The second-order valence-electron chi connectivity index (χ2n) is 6.54. The summed E-state index contributed by atoms with van der Waals surface area (Å²) in [4.78, 5) is 34.5. The minimum atomic E-state index is -0.368. The molecule has 0 atom stereocenters. The van der Waals surface area contributed by atoms with Crippen molar-refractivity contribution in [3.63, 3.8) is 0 Å². The average Bonchev–Trinajstić information content (AvgIpc) is 3.20. The molecule has 1 amide bonds. The van der Waals surface area contributed by atoms with Crippen molar-refractivity contribution in [1.29, 1.82) is 0 Å². The number of esters is 1. The highest BCUT2D eigenvalue weighted by Crippen LogP contribution is 2.50. The van der Waals surface area contributed by atoms with Gasteiger partial charge in [-0.25, -0.2) is 9.79 Å². The maximum Gasteiger partial charge on any atom is 0.338 e. The highest BCUT2D eigenvalue weighted by molar-refractivity contribution is 8.19. The van der Waals surface area contributed by atoms with Crippen molar-refractivity contribution in [2.24, 2.45) is 4.99 Å². The fourth-order valence-corrected chi connectivity index (χ4v) is 5.47. The number of rotatable bonds is 3. The van der Waals surface area contributed by atoms with E-state index in [0.717, 1.165) is 15.6 Å². The van der Waals surface area contributed by atoms with Gasteiger partial charge in [-0.15, -0.1) is 0 Å². The number of anilines is 1. The summed E-state index contributed by atoms with van der Waals surface area (Å²) in [6.07, 6.45) is 0. The maximum absolute atomic E-state index is 12.9. The number of halogens is 1. The normalized spacial score (nSPS) is 19.6. The number of amidine groups is 1. The van der Waals surface area contributed by atoms with Gasteiger partial charge in [0.1, 0.15) is 4.91 Å².